The van der Waals surface area contributed by atoms with Gasteiger partial charge in [0.05, 0.1) is 19.3 Å². The number of fused-ring (bicyclic) bond motifs is 1. The normalized spacial score (nSPS) is 17.9. The fourth-order valence-electron chi connectivity index (χ4n) is 3.68. The monoisotopic (exact) mass is 350 g/mol. The van der Waals surface area contributed by atoms with Crippen molar-refractivity contribution in [2.75, 3.05) is 26.3 Å². The van der Waals surface area contributed by atoms with Crippen molar-refractivity contribution in [1.29, 1.82) is 0 Å². The molecule has 0 aliphatic carbocycles. The molecule has 1 aromatic heterocycles. The first-order valence-electron chi connectivity index (χ1n) is 8.91. The Kier molecular flexibility index (Phi) is 4.84. The van der Waals surface area contributed by atoms with Gasteiger partial charge in [-0.15, -0.1) is 0 Å². The number of aliphatic hydroxyl groups is 1. The highest BCUT2D eigenvalue weighted by atomic mass is 16.5. The number of ketones is 1. The van der Waals surface area contributed by atoms with Crippen LogP contribution in [-0.4, -0.2) is 53.2 Å². The van der Waals surface area contributed by atoms with Gasteiger partial charge in [-0.05, 0) is 11.6 Å². The summed E-state index contributed by atoms with van der Waals surface area (Å²) in [5.41, 5.74) is 2.36. The summed E-state index contributed by atoms with van der Waals surface area (Å²) >= 11 is 0. The first-order valence-corrected chi connectivity index (χ1v) is 8.91. The number of nitrogens with zero attached hydrogens (tertiary/aromatic N) is 1. The predicted octanol–water partition coefficient (Wildman–Crippen LogP) is 2.79. The Balaban J connectivity index is 1.69. The number of morpholine rings is 1. The van der Waals surface area contributed by atoms with E-state index in [-0.39, 0.29) is 11.8 Å². The first-order chi connectivity index (χ1) is 12.8. The lowest BCUT2D eigenvalue weighted by Crippen LogP contribution is -2.46. The van der Waals surface area contributed by atoms with Crippen LogP contribution in [0.15, 0.2) is 60.8 Å². The van der Waals surface area contributed by atoms with Gasteiger partial charge < -0.3 is 14.8 Å². The number of nitrogens with one attached hydrogen (secondary N) is 1. The number of carbonyl (C=O) groups excluding carboxylic acids is 1. The first kappa shape index (κ1) is 17.0. The Hall–Kier alpha value is -2.47. The van der Waals surface area contributed by atoms with Gasteiger partial charge in [0.1, 0.15) is 6.10 Å². The van der Waals surface area contributed by atoms with Crippen molar-refractivity contribution < 1.29 is 14.6 Å². The molecule has 1 aliphatic rings. The third-order valence-corrected chi connectivity index (χ3v) is 5.00. The molecular formula is C21H22N2O3. The van der Waals surface area contributed by atoms with Crippen LogP contribution >= 0.6 is 0 Å². The van der Waals surface area contributed by atoms with E-state index >= 15 is 0 Å². The van der Waals surface area contributed by atoms with E-state index in [1.165, 1.54) is 0 Å². The Morgan fingerprint density at radius 2 is 1.73 bits per heavy atom. The molecule has 5 heteroatoms. The fraction of sp³-hybridized carbons (Fsp3) is 0.286. The average molecular weight is 350 g/mol. The molecule has 2 atom stereocenters. The van der Waals surface area contributed by atoms with Gasteiger partial charge in [0.2, 0.25) is 0 Å². The van der Waals surface area contributed by atoms with Crippen molar-refractivity contribution in [1.82, 2.24) is 9.88 Å². The highest BCUT2D eigenvalue weighted by Crippen LogP contribution is 2.29. The number of rotatable bonds is 5. The predicted molar refractivity (Wildman–Crippen MR) is 100 cm³/mol. The molecule has 2 N–H and O–H groups in total. The standard InChI is InChI=1S/C21H22N2O3/c24-20(17-14-22-18-9-5-4-8-16(17)18)21(25)19(15-6-2-1-3-7-15)23-10-12-26-13-11-23/h1-9,14,19,21-22,25H,10-13H2/t19-,21-/m0/s1. The molecule has 1 aliphatic heterocycles. The van der Waals surface area contributed by atoms with Crippen LogP contribution in [0.4, 0.5) is 0 Å². The van der Waals surface area contributed by atoms with Gasteiger partial charge in [-0.25, -0.2) is 0 Å². The lowest BCUT2D eigenvalue weighted by atomic mass is 9.93. The topological polar surface area (TPSA) is 65.6 Å². The number of hydrogen-bond donors (Lipinski definition) is 2. The zero-order valence-corrected chi connectivity index (χ0v) is 14.5. The zero-order valence-electron chi connectivity index (χ0n) is 14.5. The number of aromatic amines is 1. The average Bonchev–Trinajstić information content (AvgIpc) is 3.13. The number of Topliss-reactive ketones (excluding diaryl/α,β-unsaturated/α-hetero) is 1. The maximum absolute atomic E-state index is 13.1. The number of aromatic nitrogens is 1. The van der Waals surface area contributed by atoms with Gasteiger partial charge in [0.25, 0.3) is 0 Å². The van der Waals surface area contributed by atoms with Crippen LogP contribution in [0.25, 0.3) is 10.9 Å². The van der Waals surface area contributed by atoms with Crippen LogP contribution < -0.4 is 0 Å². The number of aliphatic hydroxyl groups excluding tert-OH is 1. The number of carbonyl (C=O) groups is 1. The van der Waals surface area contributed by atoms with Crippen molar-refractivity contribution in [3.05, 3.63) is 71.9 Å². The van der Waals surface area contributed by atoms with E-state index in [0.29, 0.717) is 31.9 Å². The molecule has 1 saturated heterocycles. The maximum Gasteiger partial charge on any atom is 0.195 e. The smallest absolute Gasteiger partial charge is 0.195 e. The van der Waals surface area contributed by atoms with Crippen LogP contribution in [-0.2, 0) is 4.74 Å². The van der Waals surface area contributed by atoms with Crippen LogP contribution in [0, 0.1) is 0 Å². The van der Waals surface area contributed by atoms with Gasteiger partial charge in [-0.2, -0.15) is 0 Å². The Labute approximate surface area is 152 Å². The highest BCUT2D eigenvalue weighted by molar-refractivity contribution is 6.10. The molecule has 1 fully saturated rings. The van der Waals surface area contributed by atoms with Crippen molar-refractivity contribution in [3.8, 4) is 0 Å². The van der Waals surface area contributed by atoms with E-state index < -0.39 is 6.10 Å². The van der Waals surface area contributed by atoms with E-state index in [9.17, 15) is 9.90 Å². The molecule has 0 radical (unpaired) electrons. The maximum atomic E-state index is 13.1. The second-order valence-corrected chi connectivity index (χ2v) is 6.56. The largest absolute Gasteiger partial charge is 0.383 e. The Morgan fingerprint density at radius 1 is 1.04 bits per heavy atom. The molecule has 2 heterocycles. The van der Waals surface area contributed by atoms with Crippen LogP contribution in [0.1, 0.15) is 22.0 Å². The molecule has 0 amide bonds. The van der Waals surface area contributed by atoms with Crippen molar-refractivity contribution in [2.24, 2.45) is 0 Å². The Bertz CT molecular complexity index is 884. The second kappa shape index (κ2) is 7.41. The van der Waals surface area contributed by atoms with E-state index in [1.807, 2.05) is 54.6 Å². The third-order valence-electron chi connectivity index (χ3n) is 5.00. The quantitative estimate of drug-likeness (QED) is 0.695. The molecule has 26 heavy (non-hydrogen) atoms. The minimum atomic E-state index is -1.14. The highest BCUT2D eigenvalue weighted by Gasteiger charge is 2.34. The van der Waals surface area contributed by atoms with Gasteiger partial charge in [-0.1, -0.05) is 48.5 Å². The molecule has 4 rings (SSSR count). The zero-order chi connectivity index (χ0) is 17.9. The summed E-state index contributed by atoms with van der Waals surface area (Å²) in [7, 11) is 0. The second-order valence-electron chi connectivity index (χ2n) is 6.56. The summed E-state index contributed by atoms with van der Waals surface area (Å²) in [4.78, 5) is 18.4. The van der Waals surface area contributed by atoms with Gasteiger partial charge in [0, 0.05) is 35.8 Å². The molecule has 0 bridgehead atoms. The van der Waals surface area contributed by atoms with E-state index in [1.54, 1.807) is 6.20 Å². The lowest BCUT2D eigenvalue weighted by Gasteiger charge is -2.36. The van der Waals surface area contributed by atoms with E-state index in [4.69, 9.17) is 4.74 Å². The van der Waals surface area contributed by atoms with Crippen molar-refractivity contribution in [2.45, 2.75) is 12.1 Å². The number of para-hydroxylation sites is 1. The van der Waals surface area contributed by atoms with Gasteiger partial charge >= 0.3 is 0 Å². The molecular weight excluding hydrogens is 328 g/mol. The number of H-pyrrole nitrogens is 1. The van der Waals surface area contributed by atoms with E-state index in [2.05, 4.69) is 9.88 Å². The number of benzene rings is 2. The third kappa shape index (κ3) is 3.17. The summed E-state index contributed by atoms with van der Waals surface area (Å²) in [6.07, 6.45) is 0.548. The molecule has 0 unspecified atom stereocenters. The SMILES string of the molecule is O=C(c1c[nH]c2ccccc12)[C@@H](O)[C@H](c1ccccc1)N1CCOCC1. The number of ether oxygens (including phenoxy) is 1. The molecule has 134 valence electrons. The van der Waals surface area contributed by atoms with Crippen molar-refractivity contribution in [3.63, 3.8) is 0 Å². The van der Waals surface area contributed by atoms with Crippen molar-refractivity contribution >= 4 is 16.7 Å². The summed E-state index contributed by atoms with van der Waals surface area (Å²) in [6, 6.07) is 17.0. The number of hydrogen-bond acceptors (Lipinski definition) is 4. The van der Waals surface area contributed by atoms with Crippen LogP contribution in [0.2, 0.25) is 0 Å². The summed E-state index contributed by atoms with van der Waals surface area (Å²) in [6.45, 7) is 2.60. The minimum absolute atomic E-state index is 0.261. The lowest BCUT2D eigenvalue weighted by molar-refractivity contribution is -0.0172. The fourth-order valence-corrected chi connectivity index (χ4v) is 3.68. The molecule has 0 spiro atoms. The van der Waals surface area contributed by atoms with Gasteiger partial charge in [-0.3, -0.25) is 9.69 Å². The molecule has 5 nitrogen and oxygen atoms in total. The van der Waals surface area contributed by atoms with Gasteiger partial charge in [0.15, 0.2) is 5.78 Å². The van der Waals surface area contributed by atoms with E-state index in [0.717, 1.165) is 16.5 Å². The summed E-state index contributed by atoms with van der Waals surface area (Å²) < 4.78 is 5.44. The molecule has 3 aromatic rings. The molecule has 2 aromatic carbocycles. The minimum Gasteiger partial charge on any atom is -0.383 e. The van der Waals surface area contributed by atoms with Crippen LogP contribution in [0.5, 0.6) is 0 Å². The molecule has 0 saturated carbocycles. The summed E-state index contributed by atoms with van der Waals surface area (Å²) in [5.74, 6) is -0.261. The van der Waals surface area contributed by atoms with Crippen LogP contribution in [0.3, 0.4) is 0 Å². The summed E-state index contributed by atoms with van der Waals surface area (Å²) in [5, 5.41) is 11.9. The Morgan fingerprint density at radius 3 is 2.50 bits per heavy atom.